The normalized spacial score (nSPS) is 19.8. The molecule has 1 aliphatic carbocycles. The van der Waals surface area contributed by atoms with E-state index in [-0.39, 0.29) is 16.9 Å². The predicted molar refractivity (Wildman–Crippen MR) is 78.9 cm³/mol. The van der Waals surface area contributed by atoms with Crippen LogP contribution in [-0.4, -0.2) is 17.1 Å². The zero-order chi connectivity index (χ0) is 15.0. The highest BCUT2D eigenvalue weighted by molar-refractivity contribution is 8.18. The van der Waals surface area contributed by atoms with Gasteiger partial charge in [0.25, 0.3) is 11.1 Å². The van der Waals surface area contributed by atoms with Crippen LogP contribution in [0.25, 0.3) is 6.08 Å². The van der Waals surface area contributed by atoms with Gasteiger partial charge in [0.15, 0.2) is 0 Å². The van der Waals surface area contributed by atoms with Crippen LogP contribution >= 0.6 is 23.4 Å². The minimum Gasteiger partial charge on any atom is -0.425 e. The van der Waals surface area contributed by atoms with E-state index >= 15 is 0 Å². The summed E-state index contributed by atoms with van der Waals surface area (Å²) in [7, 11) is 0. The molecule has 1 aliphatic heterocycles. The summed E-state index contributed by atoms with van der Waals surface area (Å²) in [5, 5.41) is 2.06. The maximum atomic E-state index is 11.6. The number of rotatable bonds is 3. The summed E-state index contributed by atoms with van der Waals surface area (Å²) in [6, 6.07) is 4.83. The SMILES string of the molecule is O=C1NC(=O)C(=Cc2ccc(OC(=O)C3CC3)c(Cl)c2)S1. The van der Waals surface area contributed by atoms with Gasteiger partial charge in [-0.1, -0.05) is 17.7 Å². The van der Waals surface area contributed by atoms with Crippen molar-refractivity contribution >= 4 is 46.6 Å². The Morgan fingerprint density at radius 2 is 2.14 bits per heavy atom. The van der Waals surface area contributed by atoms with Crippen molar-refractivity contribution in [2.75, 3.05) is 0 Å². The summed E-state index contributed by atoms with van der Waals surface area (Å²) in [6.07, 6.45) is 3.28. The molecule has 2 aliphatic rings. The molecule has 2 fully saturated rings. The summed E-state index contributed by atoms with van der Waals surface area (Å²) < 4.78 is 5.20. The molecule has 1 N–H and O–H groups in total. The molecule has 0 unspecified atom stereocenters. The second-order valence-corrected chi connectivity index (χ2v) is 6.16. The molecule has 0 atom stereocenters. The Morgan fingerprint density at radius 1 is 1.38 bits per heavy atom. The number of hydrogen-bond donors (Lipinski definition) is 1. The van der Waals surface area contributed by atoms with Gasteiger partial charge in [-0.2, -0.15) is 0 Å². The number of amides is 2. The number of imide groups is 1. The number of carbonyl (C=O) groups excluding carboxylic acids is 3. The molecule has 3 rings (SSSR count). The molecule has 21 heavy (non-hydrogen) atoms. The molecule has 5 nitrogen and oxygen atoms in total. The molecule has 7 heteroatoms. The quantitative estimate of drug-likeness (QED) is 0.526. The van der Waals surface area contributed by atoms with E-state index in [1.165, 1.54) is 0 Å². The van der Waals surface area contributed by atoms with Crippen molar-refractivity contribution in [3.8, 4) is 5.75 Å². The fourth-order valence-electron chi connectivity index (χ4n) is 1.77. The Hall–Kier alpha value is -1.79. The molecule has 1 aromatic rings. The van der Waals surface area contributed by atoms with Gasteiger partial charge in [-0.15, -0.1) is 0 Å². The largest absolute Gasteiger partial charge is 0.425 e. The summed E-state index contributed by atoms with van der Waals surface area (Å²) in [5.74, 6) is -0.396. The minimum absolute atomic E-state index is 0.00698. The third-order valence-electron chi connectivity index (χ3n) is 3.02. The van der Waals surface area contributed by atoms with Crippen LogP contribution in [0.5, 0.6) is 5.75 Å². The lowest BCUT2D eigenvalue weighted by Gasteiger charge is -2.06. The third kappa shape index (κ3) is 3.28. The lowest BCUT2D eigenvalue weighted by Crippen LogP contribution is -2.17. The minimum atomic E-state index is -0.426. The average Bonchev–Trinajstić information content (AvgIpc) is 3.21. The van der Waals surface area contributed by atoms with Gasteiger partial charge < -0.3 is 4.74 Å². The van der Waals surface area contributed by atoms with Gasteiger partial charge in [-0.05, 0) is 48.4 Å². The van der Waals surface area contributed by atoms with Gasteiger partial charge in [0.2, 0.25) is 0 Å². The number of benzene rings is 1. The number of thioether (sulfide) groups is 1. The topological polar surface area (TPSA) is 72.5 Å². The molecule has 0 aromatic heterocycles. The summed E-state index contributed by atoms with van der Waals surface area (Å²) in [5.41, 5.74) is 0.651. The molecule has 0 spiro atoms. The number of nitrogens with one attached hydrogen (secondary N) is 1. The van der Waals surface area contributed by atoms with Crippen molar-refractivity contribution in [3.05, 3.63) is 33.7 Å². The highest BCUT2D eigenvalue weighted by Gasteiger charge is 2.32. The van der Waals surface area contributed by atoms with Crippen LogP contribution in [0.15, 0.2) is 23.1 Å². The van der Waals surface area contributed by atoms with E-state index in [1.54, 1.807) is 24.3 Å². The van der Waals surface area contributed by atoms with E-state index in [2.05, 4.69) is 5.32 Å². The Kier molecular flexibility index (Phi) is 3.73. The number of hydrogen-bond acceptors (Lipinski definition) is 5. The van der Waals surface area contributed by atoms with Crippen molar-refractivity contribution in [2.24, 2.45) is 5.92 Å². The first-order valence-corrected chi connectivity index (χ1v) is 7.48. The Balaban J connectivity index is 1.77. The molecule has 1 aromatic carbocycles. The van der Waals surface area contributed by atoms with E-state index in [0.29, 0.717) is 16.2 Å². The summed E-state index contributed by atoms with van der Waals surface area (Å²) in [6.45, 7) is 0. The van der Waals surface area contributed by atoms with Gasteiger partial charge >= 0.3 is 5.97 Å². The second-order valence-electron chi connectivity index (χ2n) is 4.74. The molecule has 108 valence electrons. The van der Waals surface area contributed by atoms with Crippen molar-refractivity contribution in [1.82, 2.24) is 5.32 Å². The predicted octanol–water partition coefficient (Wildman–Crippen LogP) is 2.98. The molecular formula is C14H10ClNO4S. The molecule has 0 radical (unpaired) electrons. The van der Waals surface area contributed by atoms with Crippen LogP contribution in [0.1, 0.15) is 18.4 Å². The maximum Gasteiger partial charge on any atom is 0.314 e. The number of carbonyl (C=O) groups is 3. The Labute approximate surface area is 129 Å². The van der Waals surface area contributed by atoms with Crippen molar-refractivity contribution in [3.63, 3.8) is 0 Å². The van der Waals surface area contributed by atoms with Crippen LogP contribution in [0, 0.1) is 5.92 Å². The fourth-order valence-corrected chi connectivity index (χ4v) is 2.68. The lowest BCUT2D eigenvalue weighted by molar-refractivity contribution is -0.135. The van der Waals surface area contributed by atoms with Crippen LogP contribution in [0.2, 0.25) is 5.02 Å². The zero-order valence-electron chi connectivity index (χ0n) is 10.7. The first kappa shape index (κ1) is 14.2. The molecular weight excluding hydrogens is 314 g/mol. The third-order valence-corrected chi connectivity index (χ3v) is 4.12. The molecule has 1 saturated carbocycles. The Morgan fingerprint density at radius 3 is 2.71 bits per heavy atom. The average molecular weight is 324 g/mol. The number of halogens is 1. The van der Waals surface area contributed by atoms with E-state index in [0.717, 1.165) is 24.6 Å². The van der Waals surface area contributed by atoms with E-state index < -0.39 is 11.1 Å². The van der Waals surface area contributed by atoms with Crippen molar-refractivity contribution in [1.29, 1.82) is 0 Å². The maximum absolute atomic E-state index is 11.6. The van der Waals surface area contributed by atoms with Gasteiger partial charge in [0.05, 0.1) is 15.8 Å². The van der Waals surface area contributed by atoms with Crippen LogP contribution in [0.3, 0.4) is 0 Å². The zero-order valence-corrected chi connectivity index (χ0v) is 12.3. The lowest BCUT2D eigenvalue weighted by atomic mass is 10.2. The van der Waals surface area contributed by atoms with E-state index in [9.17, 15) is 14.4 Å². The first-order chi connectivity index (χ1) is 10.0. The highest BCUT2D eigenvalue weighted by atomic mass is 35.5. The number of ether oxygens (including phenoxy) is 1. The van der Waals surface area contributed by atoms with E-state index in [4.69, 9.17) is 16.3 Å². The van der Waals surface area contributed by atoms with Gasteiger partial charge in [-0.3, -0.25) is 19.7 Å². The highest BCUT2D eigenvalue weighted by Crippen LogP contribution is 2.34. The van der Waals surface area contributed by atoms with Gasteiger partial charge in [-0.25, -0.2) is 0 Å². The van der Waals surface area contributed by atoms with E-state index in [1.807, 2.05) is 0 Å². The molecule has 2 amide bonds. The Bertz CT molecular complexity index is 682. The van der Waals surface area contributed by atoms with Gasteiger partial charge in [0, 0.05) is 0 Å². The first-order valence-electron chi connectivity index (χ1n) is 6.29. The molecule has 0 bridgehead atoms. The monoisotopic (exact) mass is 323 g/mol. The van der Waals surface area contributed by atoms with Crippen LogP contribution in [0.4, 0.5) is 4.79 Å². The standard InChI is InChI=1S/C14H10ClNO4S/c15-9-5-7(6-11-12(17)16-14(19)21-11)1-4-10(9)20-13(18)8-2-3-8/h1,4-6,8H,2-3H2,(H,16,17,19). The molecule has 1 heterocycles. The smallest absolute Gasteiger partial charge is 0.314 e. The van der Waals surface area contributed by atoms with Gasteiger partial charge in [0.1, 0.15) is 5.75 Å². The second kappa shape index (κ2) is 5.54. The number of esters is 1. The van der Waals surface area contributed by atoms with Crippen LogP contribution in [-0.2, 0) is 9.59 Å². The summed E-state index contributed by atoms with van der Waals surface area (Å²) >= 11 is 6.90. The summed E-state index contributed by atoms with van der Waals surface area (Å²) in [4.78, 5) is 34.4. The van der Waals surface area contributed by atoms with Crippen molar-refractivity contribution < 1.29 is 19.1 Å². The van der Waals surface area contributed by atoms with Crippen molar-refractivity contribution in [2.45, 2.75) is 12.8 Å². The fraction of sp³-hybridized carbons (Fsp3) is 0.214. The van der Waals surface area contributed by atoms with Crippen LogP contribution < -0.4 is 10.1 Å². The molecule has 1 saturated heterocycles.